The molecule has 1 aliphatic carbocycles. The molecule has 0 atom stereocenters. The molecule has 0 radical (unpaired) electrons. The molecule has 1 aromatic carbocycles. The lowest BCUT2D eigenvalue weighted by Crippen LogP contribution is -2.51. The normalized spacial score (nSPS) is 21.2. The van der Waals surface area contributed by atoms with Crippen molar-refractivity contribution in [1.29, 1.82) is 0 Å². The fourth-order valence-corrected chi connectivity index (χ4v) is 4.32. The van der Waals surface area contributed by atoms with Crippen molar-refractivity contribution < 1.29 is 9.53 Å². The fraction of sp³-hybridized carbons (Fsp3) is 0.455. The van der Waals surface area contributed by atoms with Crippen molar-refractivity contribution in [3.8, 4) is 16.9 Å². The number of rotatable bonds is 2. The third-order valence-electron chi connectivity index (χ3n) is 6.16. The number of pyridine rings is 1. The number of hydrogen-bond donors (Lipinski definition) is 0. The number of benzene rings is 1. The van der Waals surface area contributed by atoms with E-state index in [1.165, 1.54) is 16.7 Å². The predicted octanol–water partition coefficient (Wildman–Crippen LogP) is 3.84. The number of nitrogens with zero attached hydrogens (tertiary/aromatic N) is 2. The van der Waals surface area contributed by atoms with Crippen LogP contribution in [0.5, 0.6) is 5.75 Å². The minimum absolute atomic E-state index is 0.0779. The molecular formula is C22H24N2O2. The van der Waals surface area contributed by atoms with E-state index in [9.17, 15) is 4.79 Å². The van der Waals surface area contributed by atoms with Crippen LogP contribution in [0.15, 0.2) is 42.7 Å². The number of piperidine rings is 1. The average molecular weight is 348 g/mol. The molecule has 2 aromatic rings. The summed E-state index contributed by atoms with van der Waals surface area (Å²) in [5, 5.41) is 0. The summed E-state index contributed by atoms with van der Waals surface area (Å²) in [7, 11) is 0. The monoisotopic (exact) mass is 348 g/mol. The fourth-order valence-electron chi connectivity index (χ4n) is 4.32. The second kappa shape index (κ2) is 6.11. The summed E-state index contributed by atoms with van der Waals surface area (Å²) in [6.07, 6.45) is 9.84. The van der Waals surface area contributed by atoms with Crippen LogP contribution in [0.3, 0.4) is 0 Å². The van der Waals surface area contributed by atoms with Gasteiger partial charge < -0.3 is 9.64 Å². The third-order valence-corrected chi connectivity index (χ3v) is 6.16. The zero-order chi connectivity index (χ0) is 17.6. The molecule has 3 heterocycles. The summed E-state index contributed by atoms with van der Waals surface area (Å²) < 4.78 is 6.51. The molecule has 0 unspecified atom stereocenters. The Labute approximate surface area is 154 Å². The molecule has 1 amide bonds. The molecule has 1 spiro atoms. The van der Waals surface area contributed by atoms with Gasteiger partial charge in [0.1, 0.15) is 11.4 Å². The molecule has 0 bridgehead atoms. The first-order valence-corrected chi connectivity index (χ1v) is 9.74. The topological polar surface area (TPSA) is 42.4 Å². The molecule has 1 saturated heterocycles. The molecule has 1 aromatic heterocycles. The van der Waals surface area contributed by atoms with Gasteiger partial charge >= 0.3 is 0 Å². The Kier molecular flexibility index (Phi) is 3.73. The molecule has 0 N–H and O–H groups in total. The molecule has 2 aliphatic heterocycles. The van der Waals surface area contributed by atoms with Gasteiger partial charge in [0.05, 0.1) is 0 Å². The lowest BCUT2D eigenvalue weighted by atomic mass is 9.82. The highest BCUT2D eigenvalue weighted by Gasteiger charge is 2.42. The highest BCUT2D eigenvalue weighted by molar-refractivity contribution is 5.81. The zero-order valence-corrected chi connectivity index (χ0v) is 15.0. The predicted molar refractivity (Wildman–Crippen MR) is 99.9 cm³/mol. The van der Waals surface area contributed by atoms with E-state index >= 15 is 0 Å². The average Bonchev–Trinajstić information content (AvgIpc) is 3.54. The number of carbonyl (C=O) groups is 1. The summed E-state index contributed by atoms with van der Waals surface area (Å²) in [6, 6.07) is 10.6. The quantitative estimate of drug-likeness (QED) is 0.828. The molecule has 3 aliphatic rings. The van der Waals surface area contributed by atoms with Crippen molar-refractivity contribution in [3.63, 3.8) is 0 Å². The van der Waals surface area contributed by atoms with Crippen molar-refractivity contribution in [2.24, 2.45) is 5.92 Å². The number of hydrogen-bond acceptors (Lipinski definition) is 3. The Morgan fingerprint density at radius 1 is 1.04 bits per heavy atom. The van der Waals surface area contributed by atoms with Gasteiger partial charge in [-0.15, -0.1) is 0 Å². The minimum Gasteiger partial charge on any atom is -0.487 e. The van der Waals surface area contributed by atoms with Gasteiger partial charge in [-0.2, -0.15) is 0 Å². The van der Waals surface area contributed by atoms with Crippen LogP contribution in [-0.4, -0.2) is 34.5 Å². The van der Waals surface area contributed by atoms with E-state index in [2.05, 4.69) is 28.1 Å². The van der Waals surface area contributed by atoms with Gasteiger partial charge in [-0.25, -0.2) is 0 Å². The molecule has 26 heavy (non-hydrogen) atoms. The maximum atomic E-state index is 12.3. The number of carbonyl (C=O) groups excluding carboxylic acids is 1. The largest absolute Gasteiger partial charge is 0.487 e. The maximum absolute atomic E-state index is 12.3. The highest BCUT2D eigenvalue weighted by Crippen LogP contribution is 2.41. The van der Waals surface area contributed by atoms with Crippen LogP contribution in [0.1, 0.15) is 37.7 Å². The van der Waals surface area contributed by atoms with Gasteiger partial charge in [-0.05, 0) is 66.6 Å². The number of amides is 1. The third kappa shape index (κ3) is 2.87. The number of aromatic nitrogens is 1. The molecule has 4 nitrogen and oxygen atoms in total. The standard InChI is InChI=1S/C22H24N2O2/c25-21(17-1-2-17)24-13-9-22(10-14-24)8-5-19-15-18(3-4-20(19)26-22)16-6-11-23-12-7-16/h3-4,6-7,11-12,15,17H,1-2,5,8-10,13-14H2. The minimum atomic E-state index is -0.0779. The summed E-state index contributed by atoms with van der Waals surface area (Å²) >= 11 is 0. The second-order valence-corrected chi connectivity index (χ2v) is 7.94. The SMILES string of the molecule is O=C(C1CC1)N1CCC2(CCc3cc(-c4ccncc4)ccc3O2)CC1. The van der Waals surface area contributed by atoms with Gasteiger partial charge in [-0.1, -0.05) is 6.07 Å². The van der Waals surface area contributed by atoms with E-state index in [0.29, 0.717) is 11.8 Å². The van der Waals surface area contributed by atoms with Crippen molar-refractivity contribution in [2.45, 2.75) is 44.1 Å². The van der Waals surface area contributed by atoms with Crippen LogP contribution in [-0.2, 0) is 11.2 Å². The molecule has 5 rings (SSSR count). The summed E-state index contributed by atoms with van der Waals surface area (Å²) in [6.45, 7) is 1.69. The van der Waals surface area contributed by atoms with Gasteiger partial charge in [0, 0.05) is 44.2 Å². The second-order valence-electron chi connectivity index (χ2n) is 7.94. The molecular weight excluding hydrogens is 324 g/mol. The van der Waals surface area contributed by atoms with Crippen molar-refractivity contribution in [2.75, 3.05) is 13.1 Å². The Morgan fingerprint density at radius 3 is 2.54 bits per heavy atom. The van der Waals surface area contributed by atoms with Crippen LogP contribution in [0.2, 0.25) is 0 Å². The first-order chi connectivity index (χ1) is 12.7. The molecule has 2 fully saturated rings. The van der Waals surface area contributed by atoms with E-state index in [1.807, 2.05) is 24.5 Å². The first kappa shape index (κ1) is 15.9. The molecule has 134 valence electrons. The summed E-state index contributed by atoms with van der Waals surface area (Å²) in [4.78, 5) is 18.4. The summed E-state index contributed by atoms with van der Waals surface area (Å²) in [5.41, 5.74) is 3.62. The van der Waals surface area contributed by atoms with Crippen molar-refractivity contribution in [3.05, 3.63) is 48.3 Å². The maximum Gasteiger partial charge on any atom is 0.225 e. The van der Waals surface area contributed by atoms with Gasteiger partial charge in [0.2, 0.25) is 5.91 Å². The summed E-state index contributed by atoms with van der Waals surface area (Å²) in [5.74, 6) is 1.72. The Morgan fingerprint density at radius 2 is 1.81 bits per heavy atom. The molecule has 4 heteroatoms. The Hall–Kier alpha value is -2.36. The van der Waals surface area contributed by atoms with Crippen LogP contribution in [0.4, 0.5) is 0 Å². The number of fused-ring (bicyclic) bond motifs is 1. The highest BCUT2D eigenvalue weighted by atomic mass is 16.5. The molecule has 1 saturated carbocycles. The van der Waals surface area contributed by atoms with Crippen LogP contribution in [0.25, 0.3) is 11.1 Å². The lowest BCUT2D eigenvalue weighted by molar-refractivity contribution is -0.136. The van der Waals surface area contributed by atoms with Gasteiger partial charge in [0.15, 0.2) is 0 Å². The lowest BCUT2D eigenvalue weighted by Gasteiger charge is -2.44. The van der Waals surface area contributed by atoms with E-state index < -0.39 is 0 Å². The van der Waals surface area contributed by atoms with Crippen LogP contribution < -0.4 is 4.74 Å². The van der Waals surface area contributed by atoms with Crippen LogP contribution >= 0.6 is 0 Å². The van der Waals surface area contributed by atoms with Gasteiger partial charge in [0.25, 0.3) is 0 Å². The van der Waals surface area contributed by atoms with E-state index in [0.717, 1.165) is 57.4 Å². The van der Waals surface area contributed by atoms with E-state index in [-0.39, 0.29) is 5.60 Å². The van der Waals surface area contributed by atoms with Crippen molar-refractivity contribution in [1.82, 2.24) is 9.88 Å². The Balaban J connectivity index is 1.30. The zero-order valence-electron chi connectivity index (χ0n) is 15.0. The Bertz CT molecular complexity index is 821. The van der Waals surface area contributed by atoms with E-state index in [4.69, 9.17) is 4.74 Å². The smallest absolute Gasteiger partial charge is 0.225 e. The van der Waals surface area contributed by atoms with E-state index in [1.54, 1.807) is 0 Å². The van der Waals surface area contributed by atoms with Crippen LogP contribution in [0, 0.1) is 5.92 Å². The number of ether oxygens (including phenoxy) is 1. The number of aryl methyl sites for hydroxylation is 1. The van der Waals surface area contributed by atoms with Gasteiger partial charge in [-0.3, -0.25) is 9.78 Å². The van der Waals surface area contributed by atoms with Crippen molar-refractivity contribution >= 4 is 5.91 Å². The first-order valence-electron chi connectivity index (χ1n) is 9.74. The number of likely N-dealkylation sites (tertiary alicyclic amines) is 1.